The minimum absolute atomic E-state index is 0.0808. The third kappa shape index (κ3) is 12.3. The summed E-state index contributed by atoms with van der Waals surface area (Å²) in [7, 11) is 0. The highest BCUT2D eigenvalue weighted by atomic mass is 16.5. The summed E-state index contributed by atoms with van der Waals surface area (Å²) in [6.07, 6.45) is 19.1. The lowest BCUT2D eigenvalue weighted by molar-refractivity contribution is -0.156. The van der Waals surface area contributed by atoms with Crippen LogP contribution in [0.3, 0.4) is 0 Å². The van der Waals surface area contributed by atoms with E-state index in [2.05, 4.69) is 25.3 Å². The Balaban J connectivity index is 4.49. The summed E-state index contributed by atoms with van der Waals surface area (Å²) in [4.78, 5) is 24.9. The lowest BCUT2D eigenvalue weighted by atomic mass is 9.80. The van der Waals surface area contributed by atoms with Crippen LogP contribution in [0.5, 0.6) is 0 Å². The molecule has 0 saturated heterocycles. The average Bonchev–Trinajstić information content (AvgIpc) is 2.76. The zero-order chi connectivity index (χ0) is 24.3. The van der Waals surface area contributed by atoms with E-state index in [4.69, 9.17) is 9.47 Å². The molecule has 0 N–H and O–H groups in total. The van der Waals surface area contributed by atoms with Gasteiger partial charge >= 0.3 is 11.9 Å². The molecule has 0 aromatic heterocycles. The van der Waals surface area contributed by atoms with Gasteiger partial charge in [0.1, 0.15) is 0 Å². The summed E-state index contributed by atoms with van der Waals surface area (Å²) in [5.74, 6) is -0.162. The van der Waals surface area contributed by atoms with Crippen LogP contribution in [-0.2, 0) is 19.1 Å². The van der Waals surface area contributed by atoms with E-state index in [1.54, 1.807) is 0 Å². The Labute approximate surface area is 197 Å². The summed E-state index contributed by atoms with van der Waals surface area (Å²) >= 11 is 0. The van der Waals surface area contributed by atoms with Gasteiger partial charge in [-0.05, 0) is 105 Å². The monoisotopic (exact) mass is 448 g/mol. The Bertz CT molecular complexity index is 530. The van der Waals surface area contributed by atoms with E-state index in [1.165, 1.54) is 0 Å². The van der Waals surface area contributed by atoms with Crippen molar-refractivity contribution in [2.24, 2.45) is 10.8 Å². The molecule has 2 atom stereocenters. The Hall–Kier alpha value is -1.84. The van der Waals surface area contributed by atoms with Crippen molar-refractivity contribution in [1.29, 1.82) is 0 Å². The van der Waals surface area contributed by atoms with Crippen LogP contribution in [0.1, 0.15) is 105 Å². The van der Waals surface area contributed by atoms with Crippen molar-refractivity contribution < 1.29 is 19.1 Å². The van der Waals surface area contributed by atoms with Crippen LogP contribution >= 0.6 is 0 Å². The lowest BCUT2D eigenvalue weighted by Crippen LogP contribution is -2.30. The molecule has 0 rings (SSSR count). The predicted molar refractivity (Wildman–Crippen MR) is 134 cm³/mol. The first kappa shape index (κ1) is 30.2. The molecular weight excluding hydrogens is 400 g/mol. The average molecular weight is 449 g/mol. The Morgan fingerprint density at radius 3 is 1.25 bits per heavy atom. The van der Waals surface area contributed by atoms with Crippen LogP contribution < -0.4 is 0 Å². The summed E-state index contributed by atoms with van der Waals surface area (Å²) in [5.41, 5.74) is -0.834. The quantitative estimate of drug-likeness (QED) is 0.109. The highest BCUT2D eigenvalue weighted by molar-refractivity contribution is 5.76. The zero-order valence-corrected chi connectivity index (χ0v) is 21.3. The topological polar surface area (TPSA) is 52.6 Å². The maximum atomic E-state index is 12.4. The van der Waals surface area contributed by atoms with E-state index in [9.17, 15) is 9.59 Å². The standard InChI is InChI=1S/C28H48O4/c1-7-11-17-21-27(5,25(29)31-9-3)23-19-15-13-14-16-20-24-28(6,22-18-12-8-2)26(30)32-10-4/h7-8,13-14H,1-2,9-12,15-24H2,3-6H3/b14-13-. The smallest absolute Gasteiger partial charge is 0.311 e. The van der Waals surface area contributed by atoms with Gasteiger partial charge in [-0.25, -0.2) is 0 Å². The van der Waals surface area contributed by atoms with Gasteiger partial charge in [0.2, 0.25) is 0 Å². The van der Waals surface area contributed by atoms with E-state index >= 15 is 0 Å². The van der Waals surface area contributed by atoms with Crippen LogP contribution in [0.25, 0.3) is 0 Å². The van der Waals surface area contributed by atoms with Gasteiger partial charge in [0.25, 0.3) is 0 Å². The number of hydrogen-bond donors (Lipinski definition) is 0. The van der Waals surface area contributed by atoms with Crippen molar-refractivity contribution in [3.63, 3.8) is 0 Å². The van der Waals surface area contributed by atoms with Crippen LogP contribution in [0, 0.1) is 10.8 Å². The minimum Gasteiger partial charge on any atom is -0.466 e. The number of ether oxygens (including phenoxy) is 2. The zero-order valence-electron chi connectivity index (χ0n) is 21.3. The van der Waals surface area contributed by atoms with Gasteiger partial charge in [-0.1, -0.05) is 24.3 Å². The largest absolute Gasteiger partial charge is 0.466 e. The van der Waals surface area contributed by atoms with E-state index < -0.39 is 10.8 Å². The Kier molecular flexibility index (Phi) is 16.7. The normalized spacial score (nSPS) is 15.0. The molecule has 0 amide bonds. The second kappa shape index (κ2) is 17.7. The van der Waals surface area contributed by atoms with Crippen molar-refractivity contribution in [3.8, 4) is 0 Å². The first-order valence-corrected chi connectivity index (χ1v) is 12.5. The minimum atomic E-state index is -0.417. The fourth-order valence-electron chi connectivity index (χ4n) is 4.00. The van der Waals surface area contributed by atoms with Gasteiger partial charge in [0, 0.05) is 0 Å². The van der Waals surface area contributed by atoms with Crippen molar-refractivity contribution in [1.82, 2.24) is 0 Å². The number of rotatable bonds is 20. The van der Waals surface area contributed by atoms with Gasteiger partial charge in [-0.15, -0.1) is 13.2 Å². The molecule has 0 spiro atoms. The van der Waals surface area contributed by atoms with E-state index in [1.807, 2.05) is 39.8 Å². The molecule has 0 aromatic carbocycles. The second-order valence-corrected chi connectivity index (χ2v) is 9.18. The van der Waals surface area contributed by atoms with Gasteiger partial charge in [-0.2, -0.15) is 0 Å². The van der Waals surface area contributed by atoms with Gasteiger partial charge in [0.15, 0.2) is 0 Å². The highest BCUT2D eigenvalue weighted by Gasteiger charge is 2.34. The maximum Gasteiger partial charge on any atom is 0.311 e. The Morgan fingerprint density at radius 2 is 0.969 bits per heavy atom. The molecule has 0 aromatic rings. The predicted octanol–water partition coefficient (Wildman–Crippen LogP) is 7.73. The van der Waals surface area contributed by atoms with Crippen molar-refractivity contribution >= 4 is 11.9 Å². The maximum absolute atomic E-state index is 12.4. The first-order valence-electron chi connectivity index (χ1n) is 12.5. The van der Waals surface area contributed by atoms with E-state index in [0.717, 1.165) is 77.0 Å². The molecular formula is C28H48O4. The van der Waals surface area contributed by atoms with Gasteiger partial charge in [-0.3, -0.25) is 9.59 Å². The molecule has 0 heterocycles. The van der Waals surface area contributed by atoms with Crippen molar-refractivity contribution in [3.05, 3.63) is 37.5 Å². The summed E-state index contributed by atoms with van der Waals surface area (Å²) in [6, 6.07) is 0. The number of allylic oxidation sites excluding steroid dienone is 4. The highest BCUT2D eigenvalue weighted by Crippen LogP contribution is 2.33. The SMILES string of the molecule is C=CCCCC(C)(CCC/C=C\CCCC(C)(CCCC=C)C(=O)OCC)C(=O)OCC. The van der Waals surface area contributed by atoms with Crippen LogP contribution in [0.4, 0.5) is 0 Å². The van der Waals surface area contributed by atoms with Crippen molar-refractivity contribution in [2.75, 3.05) is 13.2 Å². The van der Waals surface area contributed by atoms with E-state index in [0.29, 0.717) is 13.2 Å². The molecule has 0 fully saturated rings. The number of esters is 2. The van der Waals surface area contributed by atoms with Crippen molar-refractivity contribution in [2.45, 2.75) is 105 Å². The summed E-state index contributed by atoms with van der Waals surface area (Å²) in [6.45, 7) is 16.2. The third-order valence-electron chi connectivity index (χ3n) is 6.18. The second-order valence-electron chi connectivity index (χ2n) is 9.18. The van der Waals surface area contributed by atoms with Crippen LogP contribution in [0.2, 0.25) is 0 Å². The molecule has 0 bridgehead atoms. The molecule has 0 aliphatic rings. The number of hydrogen-bond acceptors (Lipinski definition) is 4. The van der Waals surface area contributed by atoms with Gasteiger partial charge in [0.05, 0.1) is 24.0 Å². The summed E-state index contributed by atoms with van der Waals surface area (Å²) in [5, 5.41) is 0. The number of unbranched alkanes of at least 4 members (excludes halogenated alkanes) is 4. The molecule has 184 valence electrons. The van der Waals surface area contributed by atoms with Gasteiger partial charge < -0.3 is 9.47 Å². The molecule has 0 saturated carbocycles. The molecule has 0 radical (unpaired) electrons. The Morgan fingerprint density at radius 1 is 0.656 bits per heavy atom. The fourth-order valence-corrected chi connectivity index (χ4v) is 4.00. The molecule has 0 aliphatic carbocycles. The van der Waals surface area contributed by atoms with E-state index in [-0.39, 0.29) is 11.9 Å². The van der Waals surface area contributed by atoms with Crippen LogP contribution in [0.15, 0.2) is 37.5 Å². The molecule has 4 heteroatoms. The molecule has 4 nitrogen and oxygen atoms in total. The molecule has 0 aliphatic heterocycles. The first-order chi connectivity index (χ1) is 15.3. The summed E-state index contributed by atoms with van der Waals surface area (Å²) < 4.78 is 10.7. The lowest BCUT2D eigenvalue weighted by Gasteiger charge is -2.27. The fraction of sp³-hybridized carbons (Fsp3) is 0.714. The molecule has 2 unspecified atom stereocenters. The van der Waals surface area contributed by atoms with Crippen LogP contribution in [-0.4, -0.2) is 25.2 Å². The number of carbonyl (C=O) groups excluding carboxylic acids is 2. The third-order valence-corrected chi connectivity index (χ3v) is 6.18. The molecule has 32 heavy (non-hydrogen) atoms. The number of carbonyl (C=O) groups is 2.